The van der Waals surface area contributed by atoms with Crippen LogP contribution in [-0.2, 0) is 11.3 Å². The van der Waals surface area contributed by atoms with Crippen molar-refractivity contribution in [3.05, 3.63) is 35.9 Å². The van der Waals surface area contributed by atoms with Crippen molar-refractivity contribution in [2.24, 2.45) is 11.8 Å². The molecule has 4 nitrogen and oxygen atoms in total. The van der Waals surface area contributed by atoms with Gasteiger partial charge in [0.05, 0.1) is 6.54 Å². The summed E-state index contributed by atoms with van der Waals surface area (Å²) >= 11 is 0. The van der Waals surface area contributed by atoms with Crippen molar-refractivity contribution in [2.45, 2.75) is 38.8 Å². The van der Waals surface area contributed by atoms with E-state index in [0.29, 0.717) is 12.5 Å². The van der Waals surface area contributed by atoms with E-state index in [1.807, 2.05) is 0 Å². The molecule has 2 unspecified atom stereocenters. The quantitative estimate of drug-likeness (QED) is 0.771. The molecule has 0 spiro atoms. The van der Waals surface area contributed by atoms with Gasteiger partial charge >= 0.3 is 0 Å². The molecule has 1 aliphatic heterocycles. The minimum atomic E-state index is 0.139. The number of amides is 1. The SMILES string of the molecule is CC(NC(=O)CNCC1CC1)C1CCN(Cc2ccccc2)C1. The van der Waals surface area contributed by atoms with Crippen LogP contribution in [0.15, 0.2) is 30.3 Å². The van der Waals surface area contributed by atoms with Crippen LogP contribution in [0, 0.1) is 11.8 Å². The number of nitrogens with one attached hydrogen (secondary N) is 2. The van der Waals surface area contributed by atoms with Crippen molar-refractivity contribution in [1.82, 2.24) is 15.5 Å². The summed E-state index contributed by atoms with van der Waals surface area (Å²) in [5, 5.41) is 6.43. The highest BCUT2D eigenvalue weighted by molar-refractivity contribution is 5.78. The Labute approximate surface area is 139 Å². The van der Waals surface area contributed by atoms with Gasteiger partial charge in [0.25, 0.3) is 0 Å². The van der Waals surface area contributed by atoms with Gasteiger partial charge in [-0.05, 0) is 56.7 Å². The van der Waals surface area contributed by atoms with Crippen molar-refractivity contribution in [3.8, 4) is 0 Å². The van der Waals surface area contributed by atoms with Gasteiger partial charge in [-0.3, -0.25) is 9.69 Å². The Bertz CT molecular complexity index is 501. The number of hydrogen-bond donors (Lipinski definition) is 2. The van der Waals surface area contributed by atoms with E-state index in [4.69, 9.17) is 0 Å². The molecule has 2 atom stereocenters. The molecule has 126 valence electrons. The molecule has 0 bridgehead atoms. The molecule has 1 aromatic carbocycles. The number of rotatable bonds is 8. The van der Waals surface area contributed by atoms with E-state index < -0.39 is 0 Å². The molecule has 1 saturated carbocycles. The summed E-state index contributed by atoms with van der Waals surface area (Å²) in [5.74, 6) is 1.52. The zero-order valence-electron chi connectivity index (χ0n) is 14.1. The zero-order chi connectivity index (χ0) is 16.1. The minimum absolute atomic E-state index is 0.139. The third-order valence-corrected chi connectivity index (χ3v) is 5.07. The highest BCUT2D eigenvalue weighted by atomic mass is 16.1. The first-order valence-corrected chi connectivity index (χ1v) is 8.97. The van der Waals surface area contributed by atoms with Crippen molar-refractivity contribution in [3.63, 3.8) is 0 Å². The average molecular weight is 315 g/mol. The Kier molecular flexibility index (Phi) is 5.68. The summed E-state index contributed by atoms with van der Waals surface area (Å²) < 4.78 is 0. The minimum Gasteiger partial charge on any atom is -0.352 e. The van der Waals surface area contributed by atoms with Crippen LogP contribution < -0.4 is 10.6 Å². The van der Waals surface area contributed by atoms with Crippen molar-refractivity contribution in [1.29, 1.82) is 0 Å². The van der Waals surface area contributed by atoms with E-state index in [-0.39, 0.29) is 11.9 Å². The molecule has 23 heavy (non-hydrogen) atoms. The van der Waals surface area contributed by atoms with Gasteiger partial charge in [0, 0.05) is 19.1 Å². The maximum Gasteiger partial charge on any atom is 0.234 e. The lowest BCUT2D eigenvalue weighted by Gasteiger charge is -2.22. The van der Waals surface area contributed by atoms with Gasteiger partial charge < -0.3 is 10.6 Å². The number of hydrogen-bond acceptors (Lipinski definition) is 3. The fourth-order valence-corrected chi connectivity index (χ4v) is 3.39. The largest absolute Gasteiger partial charge is 0.352 e. The van der Waals surface area contributed by atoms with E-state index in [0.717, 1.165) is 32.1 Å². The van der Waals surface area contributed by atoms with Gasteiger partial charge in [0.2, 0.25) is 5.91 Å². The maximum absolute atomic E-state index is 12.0. The first-order chi connectivity index (χ1) is 11.2. The van der Waals surface area contributed by atoms with E-state index >= 15 is 0 Å². The second kappa shape index (κ2) is 7.93. The fourth-order valence-electron chi connectivity index (χ4n) is 3.39. The highest BCUT2D eigenvalue weighted by Gasteiger charge is 2.28. The predicted octanol–water partition coefficient (Wildman–Crippen LogP) is 2.01. The van der Waals surface area contributed by atoms with E-state index in [1.54, 1.807) is 0 Å². The Morgan fingerprint density at radius 3 is 2.78 bits per heavy atom. The Morgan fingerprint density at radius 2 is 2.04 bits per heavy atom. The zero-order valence-corrected chi connectivity index (χ0v) is 14.1. The Balaban J connectivity index is 1.36. The molecule has 2 N–H and O–H groups in total. The van der Waals surface area contributed by atoms with Crippen LogP contribution in [0.25, 0.3) is 0 Å². The molecule has 1 aliphatic carbocycles. The number of carbonyl (C=O) groups excluding carboxylic acids is 1. The normalized spacial score (nSPS) is 22.9. The second-order valence-corrected chi connectivity index (χ2v) is 7.20. The van der Waals surface area contributed by atoms with E-state index in [2.05, 4.69) is 52.8 Å². The Morgan fingerprint density at radius 1 is 1.26 bits per heavy atom. The highest BCUT2D eigenvalue weighted by Crippen LogP contribution is 2.27. The third-order valence-electron chi connectivity index (χ3n) is 5.07. The lowest BCUT2D eigenvalue weighted by Crippen LogP contribution is -2.43. The number of carbonyl (C=O) groups is 1. The molecule has 2 aliphatic rings. The van der Waals surface area contributed by atoms with Crippen LogP contribution in [0.3, 0.4) is 0 Å². The molecular formula is C19H29N3O. The topological polar surface area (TPSA) is 44.4 Å². The summed E-state index contributed by atoms with van der Waals surface area (Å²) in [4.78, 5) is 14.5. The molecule has 0 radical (unpaired) electrons. The summed E-state index contributed by atoms with van der Waals surface area (Å²) in [5.41, 5.74) is 1.37. The molecule has 1 aromatic rings. The predicted molar refractivity (Wildman–Crippen MR) is 93.0 cm³/mol. The first kappa shape index (κ1) is 16.5. The molecule has 3 rings (SSSR count). The maximum atomic E-state index is 12.0. The molecule has 0 aromatic heterocycles. The molecule has 1 heterocycles. The summed E-state index contributed by atoms with van der Waals surface area (Å²) in [6, 6.07) is 10.9. The third kappa shape index (κ3) is 5.33. The lowest BCUT2D eigenvalue weighted by molar-refractivity contribution is -0.121. The number of likely N-dealkylation sites (tertiary alicyclic amines) is 1. The fraction of sp³-hybridized carbons (Fsp3) is 0.632. The first-order valence-electron chi connectivity index (χ1n) is 8.97. The summed E-state index contributed by atoms with van der Waals surface area (Å²) in [6.45, 7) is 6.82. The monoisotopic (exact) mass is 315 g/mol. The van der Waals surface area contributed by atoms with Gasteiger partial charge in [-0.15, -0.1) is 0 Å². The van der Waals surface area contributed by atoms with Gasteiger partial charge in [0.1, 0.15) is 0 Å². The molecular weight excluding hydrogens is 286 g/mol. The van der Waals surface area contributed by atoms with Crippen LogP contribution in [0.2, 0.25) is 0 Å². The lowest BCUT2D eigenvalue weighted by atomic mass is 10.0. The number of benzene rings is 1. The molecule has 1 amide bonds. The van der Waals surface area contributed by atoms with Crippen LogP contribution in [0.5, 0.6) is 0 Å². The van der Waals surface area contributed by atoms with Crippen LogP contribution in [-0.4, -0.2) is 43.0 Å². The smallest absolute Gasteiger partial charge is 0.234 e. The molecule has 1 saturated heterocycles. The van der Waals surface area contributed by atoms with Gasteiger partial charge in [0.15, 0.2) is 0 Å². The molecule has 2 fully saturated rings. The van der Waals surface area contributed by atoms with Crippen molar-refractivity contribution >= 4 is 5.91 Å². The van der Waals surface area contributed by atoms with Crippen LogP contribution in [0.4, 0.5) is 0 Å². The summed E-state index contributed by atoms with van der Waals surface area (Å²) in [7, 11) is 0. The van der Waals surface area contributed by atoms with E-state index in [9.17, 15) is 4.79 Å². The van der Waals surface area contributed by atoms with Crippen LogP contribution in [0.1, 0.15) is 31.7 Å². The van der Waals surface area contributed by atoms with Crippen molar-refractivity contribution < 1.29 is 4.79 Å². The van der Waals surface area contributed by atoms with Crippen LogP contribution >= 0.6 is 0 Å². The number of nitrogens with zero attached hydrogens (tertiary/aromatic N) is 1. The Hall–Kier alpha value is -1.39. The second-order valence-electron chi connectivity index (χ2n) is 7.20. The average Bonchev–Trinajstić information content (AvgIpc) is 3.25. The van der Waals surface area contributed by atoms with E-state index in [1.165, 1.54) is 24.8 Å². The van der Waals surface area contributed by atoms with Gasteiger partial charge in [-0.2, -0.15) is 0 Å². The molecule has 4 heteroatoms. The summed E-state index contributed by atoms with van der Waals surface area (Å²) in [6.07, 6.45) is 3.82. The van der Waals surface area contributed by atoms with Gasteiger partial charge in [-0.25, -0.2) is 0 Å². The van der Waals surface area contributed by atoms with Gasteiger partial charge in [-0.1, -0.05) is 30.3 Å². The standard InChI is InChI=1S/C19H29N3O/c1-15(21-19(23)12-20-11-16-7-8-16)18-9-10-22(14-18)13-17-5-3-2-4-6-17/h2-6,15-16,18,20H,7-14H2,1H3,(H,21,23). The van der Waals surface area contributed by atoms with Crippen molar-refractivity contribution in [2.75, 3.05) is 26.2 Å².